The van der Waals surface area contributed by atoms with Gasteiger partial charge in [-0.15, -0.1) is 0 Å². The van der Waals surface area contributed by atoms with Gasteiger partial charge in [0.2, 0.25) is 6.10 Å². The lowest BCUT2D eigenvalue weighted by atomic mass is 10.0. The Morgan fingerprint density at radius 3 is 1.77 bits per heavy atom. The lowest BCUT2D eigenvalue weighted by molar-refractivity contribution is -0.161. The number of aliphatic hydroxyl groups is 1. The van der Waals surface area contributed by atoms with Gasteiger partial charge in [0.25, 0.3) is 5.91 Å². The number of fused-ring (bicyclic) bond motifs is 1. The lowest BCUT2D eigenvalue weighted by Gasteiger charge is -2.29. The Hall–Kier alpha value is -3.56. The van der Waals surface area contributed by atoms with Crippen LogP contribution in [-0.2, 0) is 48.4 Å². The van der Waals surface area contributed by atoms with Gasteiger partial charge in [0.15, 0.2) is 0 Å². The van der Waals surface area contributed by atoms with Crippen molar-refractivity contribution in [2.24, 2.45) is 0 Å². The van der Waals surface area contributed by atoms with Crippen molar-refractivity contribution in [2.75, 3.05) is 6.61 Å². The first kappa shape index (κ1) is 27.0. The number of hydrogen-bond donors (Lipinski definition) is 1. The highest BCUT2D eigenvalue weighted by Gasteiger charge is 2.63. The summed E-state index contributed by atoms with van der Waals surface area (Å²) >= 11 is 0. The van der Waals surface area contributed by atoms with E-state index in [-0.39, 0.29) is 13.2 Å². The molecule has 2 aliphatic rings. The number of ether oxygens (including phenoxy) is 4. The summed E-state index contributed by atoms with van der Waals surface area (Å²) in [6, 6.07) is 27.8. The number of esters is 1. The number of benzene rings is 3. The Morgan fingerprint density at radius 2 is 1.26 bits per heavy atom. The molecular weight excluding hydrogens is 498 g/mol. The van der Waals surface area contributed by atoms with Gasteiger partial charge in [-0.3, -0.25) is 9.59 Å². The number of hydrogen-bond acceptors (Lipinski definition) is 7. The molecule has 3 aromatic rings. The van der Waals surface area contributed by atoms with Gasteiger partial charge in [0, 0.05) is 6.92 Å². The van der Waals surface area contributed by atoms with Crippen LogP contribution < -0.4 is 0 Å². The van der Waals surface area contributed by atoms with Crippen LogP contribution in [0.4, 0.5) is 0 Å². The molecule has 2 heterocycles. The van der Waals surface area contributed by atoms with Crippen molar-refractivity contribution in [3.05, 3.63) is 108 Å². The number of nitrogens with zero attached hydrogens (tertiary/aromatic N) is 1. The van der Waals surface area contributed by atoms with E-state index in [9.17, 15) is 14.7 Å². The maximum absolute atomic E-state index is 13.5. The zero-order chi connectivity index (χ0) is 27.2. The average molecular weight is 532 g/mol. The predicted molar refractivity (Wildman–Crippen MR) is 142 cm³/mol. The third-order valence-corrected chi connectivity index (χ3v) is 7.14. The van der Waals surface area contributed by atoms with Crippen molar-refractivity contribution in [1.82, 2.24) is 4.90 Å². The van der Waals surface area contributed by atoms with E-state index in [1.807, 2.05) is 91.0 Å². The molecule has 0 saturated carbocycles. The maximum atomic E-state index is 13.5. The Morgan fingerprint density at radius 1 is 0.769 bits per heavy atom. The second-order valence-electron chi connectivity index (χ2n) is 9.85. The van der Waals surface area contributed by atoms with Gasteiger partial charge in [-0.05, 0) is 16.7 Å². The third-order valence-electron chi connectivity index (χ3n) is 7.14. The van der Waals surface area contributed by atoms with E-state index < -0.39 is 48.4 Å². The summed E-state index contributed by atoms with van der Waals surface area (Å²) in [6.07, 6.45) is -3.85. The summed E-state index contributed by atoms with van der Waals surface area (Å²) in [5.41, 5.74) is 2.92. The molecule has 39 heavy (non-hydrogen) atoms. The molecule has 8 nitrogen and oxygen atoms in total. The highest BCUT2D eigenvalue weighted by molar-refractivity contribution is 5.88. The zero-order valence-corrected chi connectivity index (χ0v) is 21.8. The van der Waals surface area contributed by atoms with Crippen molar-refractivity contribution in [3.8, 4) is 0 Å². The molecule has 0 unspecified atom stereocenters. The molecule has 2 fully saturated rings. The topological polar surface area (TPSA) is 94.5 Å². The van der Waals surface area contributed by atoms with Crippen LogP contribution in [-0.4, -0.2) is 65.0 Å². The van der Waals surface area contributed by atoms with Gasteiger partial charge < -0.3 is 29.0 Å². The number of amides is 1. The molecule has 2 saturated heterocycles. The summed E-state index contributed by atoms with van der Waals surface area (Å²) in [7, 11) is 0. The van der Waals surface area contributed by atoms with Gasteiger partial charge in [-0.1, -0.05) is 91.0 Å². The van der Waals surface area contributed by atoms with E-state index in [1.54, 1.807) is 4.90 Å². The van der Waals surface area contributed by atoms with E-state index in [0.717, 1.165) is 16.7 Å². The molecule has 1 amide bonds. The number of carbonyl (C=O) groups is 2. The molecule has 0 aliphatic carbocycles. The van der Waals surface area contributed by atoms with Crippen LogP contribution in [0, 0.1) is 0 Å². The van der Waals surface area contributed by atoms with E-state index >= 15 is 0 Å². The Kier molecular flexibility index (Phi) is 8.68. The lowest BCUT2D eigenvalue weighted by Crippen LogP contribution is -2.47. The van der Waals surface area contributed by atoms with E-state index in [4.69, 9.17) is 18.9 Å². The molecule has 0 aromatic heterocycles. The largest absolute Gasteiger partial charge is 0.450 e. The molecular formula is C31H33NO7. The smallest absolute Gasteiger partial charge is 0.303 e. The number of carbonyl (C=O) groups excluding carboxylic acids is 2. The van der Waals surface area contributed by atoms with Gasteiger partial charge in [0.1, 0.15) is 18.3 Å². The van der Waals surface area contributed by atoms with Crippen LogP contribution in [0.5, 0.6) is 0 Å². The van der Waals surface area contributed by atoms with Crippen molar-refractivity contribution in [2.45, 2.75) is 63.2 Å². The molecule has 2 aliphatic heterocycles. The summed E-state index contributed by atoms with van der Waals surface area (Å²) in [5.74, 6) is -1.11. The third kappa shape index (κ3) is 6.20. The molecule has 5 rings (SSSR count). The van der Waals surface area contributed by atoms with Crippen molar-refractivity contribution >= 4 is 11.9 Å². The van der Waals surface area contributed by atoms with Crippen LogP contribution in [0.25, 0.3) is 0 Å². The Balaban J connectivity index is 1.42. The van der Waals surface area contributed by atoms with Crippen LogP contribution in [0.2, 0.25) is 0 Å². The monoisotopic (exact) mass is 531 g/mol. The average Bonchev–Trinajstić information content (AvgIpc) is 3.39. The minimum Gasteiger partial charge on any atom is -0.450 e. The van der Waals surface area contributed by atoms with Crippen molar-refractivity contribution in [3.63, 3.8) is 0 Å². The molecule has 1 N–H and O–H groups in total. The van der Waals surface area contributed by atoms with Gasteiger partial charge in [-0.25, -0.2) is 0 Å². The predicted octanol–water partition coefficient (Wildman–Crippen LogP) is 3.26. The molecule has 0 radical (unpaired) electrons. The van der Waals surface area contributed by atoms with Crippen LogP contribution in [0.1, 0.15) is 23.6 Å². The van der Waals surface area contributed by atoms with Gasteiger partial charge in [0.05, 0.1) is 38.5 Å². The van der Waals surface area contributed by atoms with Gasteiger partial charge >= 0.3 is 5.97 Å². The standard InChI is InChI=1S/C31H33NO7/c1-21(33)39-30-27(34)26-29(38-19-24-15-9-4-10-16-24)28(37-18-23-13-7-3-8-14-23)25(32(26)31(30)35)20-36-17-22-11-5-2-6-12-22/h2-16,25-30,34H,17-20H2,1H3/t25-,26-,27+,28-,29-,30-/m1/s1. The van der Waals surface area contributed by atoms with Crippen molar-refractivity contribution < 1.29 is 33.6 Å². The zero-order valence-electron chi connectivity index (χ0n) is 21.8. The molecule has 6 atom stereocenters. The molecule has 3 aromatic carbocycles. The quantitative estimate of drug-likeness (QED) is 0.380. The number of rotatable bonds is 11. The molecule has 0 spiro atoms. The second-order valence-corrected chi connectivity index (χ2v) is 9.85. The van der Waals surface area contributed by atoms with E-state index in [1.165, 1.54) is 6.92 Å². The van der Waals surface area contributed by atoms with Gasteiger partial charge in [-0.2, -0.15) is 0 Å². The normalized spacial score (nSPS) is 26.0. The van der Waals surface area contributed by atoms with E-state index in [2.05, 4.69) is 0 Å². The summed E-state index contributed by atoms with van der Waals surface area (Å²) in [6.45, 7) is 2.28. The highest BCUT2D eigenvalue weighted by Crippen LogP contribution is 2.40. The fraction of sp³-hybridized carbons (Fsp3) is 0.355. The van der Waals surface area contributed by atoms with Crippen molar-refractivity contribution in [1.29, 1.82) is 0 Å². The molecule has 0 bridgehead atoms. The first-order chi connectivity index (χ1) is 19.0. The van der Waals surface area contributed by atoms with Crippen LogP contribution in [0.15, 0.2) is 91.0 Å². The number of aliphatic hydroxyl groups excluding tert-OH is 1. The fourth-order valence-electron chi connectivity index (χ4n) is 5.37. The minimum atomic E-state index is -1.30. The molecule has 204 valence electrons. The second kappa shape index (κ2) is 12.5. The minimum absolute atomic E-state index is 0.154. The van der Waals surface area contributed by atoms with Crippen LogP contribution >= 0.6 is 0 Å². The Labute approximate surface area is 228 Å². The Bertz CT molecular complexity index is 1220. The van der Waals surface area contributed by atoms with Crippen LogP contribution in [0.3, 0.4) is 0 Å². The SMILES string of the molecule is CC(=O)O[C@H]1C(=O)N2[C@H]([C@@H]1O)[C@@H](OCc1ccccc1)[C@H](OCc1ccccc1)[C@H]2COCc1ccccc1. The summed E-state index contributed by atoms with van der Waals surface area (Å²) < 4.78 is 24.2. The van der Waals surface area contributed by atoms with E-state index in [0.29, 0.717) is 13.2 Å². The highest BCUT2D eigenvalue weighted by atomic mass is 16.6. The fourth-order valence-corrected chi connectivity index (χ4v) is 5.37. The first-order valence-corrected chi connectivity index (χ1v) is 13.1. The molecule has 8 heteroatoms. The summed E-state index contributed by atoms with van der Waals surface area (Å²) in [4.78, 5) is 26.8. The maximum Gasteiger partial charge on any atom is 0.303 e. The summed E-state index contributed by atoms with van der Waals surface area (Å²) in [5, 5.41) is 11.3. The first-order valence-electron chi connectivity index (χ1n) is 13.1.